The zero-order valence-electron chi connectivity index (χ0n) is 14.8. The number of aromatic nitrogens is 2. The Morgan fingerprint density at radius 3 is 2.81 bits per heavy atom. The van der Waals surface area contributed by atoms with Crippen molar-refractivity contribution in [3.8, 4) is 0 Å². The number of fused-ring (bicyclic) bond motifs is 1. The SMILES string of the molecule is Cc1cccc(N2CC(C(=O)Nn3cnc4ccccc43)CC2=O)c1C. The first-order chi connectivity index (χ1) is 12.5. The molecule has 6 heteroatoms. The molecular weight excluding hydrogens is 328 g/mol. The largest absolute Gasteiger partial charge is 0.311 e. The molecule has 4 rings (SSSR count). The van der Waals surface area contributed by atoms with Crippen LogP contribution >= 0.6 is 0 Å². The fourth-order valence-electron chi connectivity index (χ4n) is 3.40. The van der Waals surface area contributed by atoms with Crippen LogP contribution in [0.4, 0.5) is 5.69 Å². The topological polar surface area (TPSA) is 67.2 Å². The average Bonchev–Trinajstić information content (AvgIpc) is 3.22. The first-order valence-corrected chi connectivity index (χ1v) is 8.64. The Balaban J connectivity index is 1.53. The van der Waals surface area contributed by atoms with E-state index in [2.05, 4.69) is 10.4 Å². The molecule has 0 radical (unpaired) electrons. The van der Waals surface area contributed by atoms with Crippen molar-refractivity contribution in [1.29, 1.82) is 0 Å². The number of carbonyl (C=O) groups excluding carboxylic acids is 2. The summed E-state index contributed by atoms with van der Waals surface area (Å²) >= 11 is 0. The van der Waals surface area contributed by atoms with Gasteiger partial charge >= 0.3 is 0 Å². The number of hydrogen-bond donors (Lipinski definition) is 1. The van der Waals surface area contributed by atoms with Crippen molar-refractivity contribution in [2.24, 2.45) is 5.92 Å². The summed E-state index contributed by atoms with van der Waals surface area (Å²) in [5.74, 6) is -0.577. The summed E-state index contributed by atoms with van der Waals surface area (Å²) in [7, 11) is 0. The number of para-hydroxylation sites is 2. The van der Waals surface area contributed by atoms with Gasteiger partial charge in [0.1, 0.15) is 6.33 Å². The lowest BCUT2D eigenvalue weighted by Gasteiger charge is -2.20. The molecule has 0 spiro atoms. The van der Waals surface area contributed by atoms with Crippen molar-refractivity contribution in [1.82, 2.24) is 9.66 Å². The van der Waals surface area contributed by atoms with Gasteiger partial charge in [-0.05, 0) is 43.2 Å². The third kappa shape index (κ3) is 2.73. The standard InChI is InChI=1S/C20H20N4O2/c1-13-6-5-9-17(14(13)2)23-11-15(10-19(23)25)20(26)22-24-12-21-16-7-3-4-8-18(16)24/h3-9,12,15H,10-11H2,1-2H3,(H,22,26). The van der Waals surface area contributed by atoms with E-state index in [0.717, 1.165) is 27.8 Å². The van der Waals surface area contributed by atoms with Crippen LogP contribution in [0.5, 0.6) is 0 Å². The van der Waals surface area contributed by atoms with E-state index < -0.39 is 0 Å². The molecule has 0 bridgehead atoms. The predicted octanol–water partition coefficient (Wildman–Crippen LogP) is 2.78. The molecule has 1 aliphatic heterocycles. The Labute approximate surface area is 151 Å². The van der Waals surface area contributed by atoms with E-state index in [9.17, 15) is 9.59 Å². The van der Waals surface area contributed by atoms with Crippen molar-refractivity contribution in [3.63, 3.8) is 0 Å². The molecule has 1 N–H and O–H groups in total. The lowest BCUT2D eigenvalue weighted by Crippen LogP contribution is -2.32. The van der Waals surface area contributed by atoms with Gasteiger partial charge in [-0.3, -0.25) is 15.0 Å². The lowest BCUT2D eigenvalue weighted by molar-refractivity contribution is -0.123. The van der Waals surface area contributed by atoms with Gasteiger partial charge in [-0.25, -0.2) is 9.66 Å². The molecule has 1 saturated heterocycles. The number of amides is 2. The van der Waals surface area contributed by atoms with Gasteiger partial charge in [-0.2, -0.15) is 0 Å². The molecule has 1 aromatic heterocycles. The summed E-state index contributed by atoms with van der Waals surface area (Å²) < 4.78 is 1.61. The zero-order valence-corrected chi connectivity index (χ0v) is 14.8. The number of aryl methyl sites for hydroxylation is 1. The summed E-state index contributed by atoms with van der Waals surface area (Å²) in [4.78, 5) is 31.2. The number of hydrogen-bond acceptors (Lipinski definition) is 3. The predicted molar refractivity (Wildman–Crippen MR) is 100 cm³/mol. The lowest BCUT2D eigenvalue weighted by atomic mass is 10.1. The third-order valence-corrected chi connectivity index (χ3v) is 5.05. The molecule has 0 aliphatic carbocycles. The zero-order chi connectivity index (χ0) is 18.3. The van der Waals surface area contributed by atoms with Crippen LogP contribution in [0.25, 0.3) is 11.0 Å². The van der Waals surface area contributed by atoms with Gasteiger partial charge in [-0.1, -0.05) is 24.3 Å². The van der Waals surface area contributed by atoms with Crippen molar-refractivity contribution >= 4 is 28.5 Å². The van der Waals surface area contributed by atoms with Gasteiger partial charge in [0, 0.05) is 18.7 Å². The van der Waals surface area contributed by atoms with E-state index >= 15 is 0 Å². The van der Waals surface area contributed by atoms with Crippen molar-refractivity contribution < 1.29 is 9.59 Å². The summed E-state index contributed by atoms with van der Waals surface area (Å²) in [5, 5.41) is 0. The van der Waals surface area contributed by atoms with Crippen molar-refractivity contribution in [2.45, 2.75) is 20.3 Å². The minimum Gasteiger partial charge on any atom is -0.311 e. The second kappa shape index (κ2) is 6.29. The Morgan fingerprint density at radius 2 is 1.96 bits per heavy atom. The number of rotatable bonds is 3. The van der Waals surface area contributed by atoms with E-state index in [-0.39, 0.29) is 24.2 Å². The van der Waals surface area contributed by atoms with Crippen LogP contribution in [-0.4, -0.2) is 28.0 Å². The highest BCUT2D eigenvalue weighted by atomic mass is 16.2. The van der Waals surface area contributed by atoms with Gasteiger partial charge in [0.25, 0.3) is 0 Å². The Kier molecular flexibility index (Phi) is 3.95. The summed E-state index contributed by atoms with van der Waals surface area (Å²) in [6.07, 6.45) is 1.80. The van der Waals surface area contributed by atoms with Crippen LogP contribution in [-0.2, 0) is 9.59 Å². The number of nitrogens with one attached hydrogen (secondary N) is 1. The Bertz CT molecular complexity index is 1010. The van der Waals surface area contributed by atoms with Crippen LogP contribution in [0.15, 0.2) is 48.8 Å². The van der Waals surface area contributed by atoms with Crippen molar-refractivity contribution in [2.75, 3.05) is 16.9 Å². The molecule has 6 nitrogen and oxygen atoms in total. The molecule has 1 atom stereocenters. The summed E-state index contributed by atoms with van der Waals surface area (Å²) in [5.41, 5.74) is 7.60. The van der Waals surface area contributed by atoms with Gasteiger partial charge < -0.3 is 4.90 Å². The molecule has 1 aliphatic rings. The van der Waals surface area contributed by atoms with E-state index in [4.69, 9.17) is 0 Å². The van der Waals surface area contributed by atoms with Gasteiger partial charge in [-0.15, -0.1) is 0 Å². The molecule has 3 aromatic rings. The number of benzene rings is 2. The first-order valence-electron chi connectivity index (χ1n) is 8.64. The minimum absolute atomic E-state index is 0.0191. The van der Waals surface area contributed by atoms with Crippen LogP contribution in [0.1, 0.15) is 17.5 Å². The maximum absolute atomic E-state index is 12.7. The molecule has 2 aromatic carbocycles. The minimum atomic E-state index is -0.386. The molecule has 26 heavy (non-hydrogen) atoms. The smallest absolute Gasteiger partial charge is 0.244 e. The number of anilines is 1. The number of nitrogens with zero attached hydrogens (tertiary/aromatic N) is 3. The average molecular weight is 348 g/mol. The molecule has 132 valence electrons. The molecule has 1 fully saturated rings. The van der Waals surface area contributed by atoms with Crippen LogP contribution in [0.3, 0.4) is 0 Å². The van der Waals surface area contributed by atoms with E-state index in [1.807, 2.05) is 56.3 Å². The third-order valence-electron chi connectivity index (χ3n) is 5.05. The normalized spacial score (nSPS) is 17.1. The first kappa shape index (κ1) is 16.3. The van der Waals surface area contributed by atoms with E-state index in [1.54, 1.807) is 15.9 Å². The molecule has 0 saturated carbocycles. The summed E-state index contributed by atoms with van der Waals surface area (Å²) in [6.45, 7) is 4.41. The van der Waals surface area contributed by atoms with Crippen LogP contribution < -0.4 is 10.3 Å². The van der Waals surface area contributed by atoms with E-state index in [1.165, 1.54) is 0 Å². The fourth-order valence-corrected chi connectivity index (χ4v) is 3.40. The molecule has 2 amide bonds. The van der Waals surface area contributed by atoms with E-state index in [0.29, 0.717) is 6.54 Å². The van der Waals surface area contributed by atoms with Gasteiger partial charge in [0.2, 0.25) is 11.8 Å². The maximum Gasteiger partial charge on any atom is 0.244 e. The maximum atomic E-state index is 12.7. The molecular formula is C20H20N4O2. The Morgan fingerprint density at radius 1 is 1.15 bits per heavy atom. The Hall–Kier alpha value is -3.15. The monoisotopic (exact) mass is 348 g/mol. The van der Waals surface area contributed by atoms with Crippen LogP contribution in [0.2, 0.25) is 0 Å². The highest BCUT2D eigenvalue weighted by Crippen LogP contribution is 2.29. The van der Waals surface area contributed by atoms with Crippen molar-refractivity contribution in [3.05, 3.63) is 59.9 Å². The quantitative estimate of drug-likeness (QED) is 0.791. The second-order valence-electron chi connectivity index (χ2n) is 6.70. The van der Waals surface area contributed by atoms with Gasteiger partial charge in [0.15, 0.2) is 0 Å². The molecule has 2 heterocycles. The molecule has 1 unspecified atom stereocenters. The fraction of sp³-hybridized carbons (Fsp3) is 0.250. The summed E-state index contributed by atoms with van der Waals surface area (Å²) in [6, 6.07) is 13.5. The number of carbonyl (C=O) groups is 2. The highest BCUT2D eigenvalue weighted by molar-refractivity contribution is 6.02. The number of imidazole rings is 1. The highest BCUT2D eigenvalue weighted by Gasteiger charge is 2.36. The second-order valence-corrected chi connectivity index (χ2v) is 6.70. The van der Waals surface area contributed by atoms with Gasteiger partial charge in [0.05, 0.1) is 17.0 Å². The van der Waals surface area contributed by atoms with Crippen LogP contribution in [0, 0.1) is 19.8 Å².